The molecule has 1 aromatic heterocycles. The topological polar surface area (TPSA) is 35.8 Å². The largest absolute Gasteiger partial charge is 0.380 e. The van der Waals surface area contributed by atoms with Crippen LogP contribution in [0.15, 0.2) is 37.9 Å². The highest BCUT2D eigenvalue weighted by Gasteiger charge is 2.03. The lowest BCUT2D eigenvalue weighted by Gasteiger charge is -2.07. The van der Waals surface area contributed by atoms with E-state index in [2.05, 4.69) is 54.7 Å². The van der Waals surface area contributed by atoms with Crippen LogP contribution in [0.2, 0.25) is 0 Å². The summed E-state index contributed by atoms with van der Waals surface area (Å²) in [6, 6.07) is 9.89. The van der Waals surface area contributed by atoms with Gasteiger partial charge in [0.2, 0.25) is 0 Å². The zero-order chi connectivity index (χ0) is 12.3. The first kappa shape index (κ1) is 12.6. The molecular weight excluding hydrogens is 364 g/mol. The molecule has 2 rings (SSSR count). The Labute approximate surface area is 121 Å². The number of halogens is 2. The molecule has 0 atom stereocenters. The number of thiophene rings is 1. The fraction of sp³-hybridized carbons (Fsp3) is 0.0833. The summed E-state index contributed by atoms with van der Waals surface area (Å²) in [6.07, 6.45) is 0. The second-order valence-electron chi connectivity index (χ2n) is 3.41. The zero-order valence-electron chi connectivity index (χ0n) is 8.71. The predicted molar refractivity (Wildman–Crippen MR) is 78.2 cm³/mol. The fourth-order valence-electron chi connectivity index (χ4n) is 1.40. The average molecular weight is 372 g/mol. The van der Waals surface area contributed by atoms with E-state index in [1.54, 1.807) is 11.3 Å². The molecule has 0 aliphatic heterocycles. The molecule has 0 radical (unpaired) electrons. The summed E-state index contributed by atoms with van der Waals surface area (Å²) in [5.74, 6) is 0. The minimum Gasteiger partial charge on any atom is -0.380 e. The van der Waals surface area contributed by atoms with Crippen LogP contribution in [0.3, 0.4) is 0 Å². The number of benzene rings is 1. The first-order valence-electron chi connectivity index (χ1n) is 4.85. The Morgan fingerprint density at radius 1 is 1.29 bits per heavy atom. The summed E-state index contributed by atoms with van der Waals surface area (Å²) in [5, 5.41) is 14.4. The third-order valence-electron chi connectivity index (χ3n) is 2.21. The molecule has 0 unspecified atom stereocenters. The van der Waals surface area contributed by atoms with Crippen molar-refractivity contribution in [2.45, 2.75) is 6.54 Å². The number of anilines is 1. The van der Waals surface area contributed by atoms with Crippen LogP contribution in [0.4, 0.5) is 5.69 Å². The Morgan fingerprint density at radius 3 is 2.76 bits per heavy atom. The van der Waals surface area contributed by atoms with Gasteiger partial charge in [0, 0.05) is 11.0 Å². The van der Waals surface area contributed by atoms with Gasteiger partial charge in [-0.15, -0.1) is 11.3 Å². The number of nitrogens with one attached hydrogen (secondary N) is 1. The molecule has 0 bridgehead atoms. The maximum Gasteiger partial charge on any atom is 0.101 e. The van der Waals surface area contributed by atoms with Crippen LogP contribution >= 0.6 is 43.2 Å². The molecule has 0 fully saturated rings. The van der Waals surface area contributed by atoms with Crippen molar-refractivity contribution >= 4 is 48.9 Å². The molecule has 17 heavy (non-hydrogen) atoms. The Kier molecular flexibility index (Phi) is 4.21. The van der Waals surface area contributed by atoms with Gasteiger partial charge in [-0.1, -0.05) is 15.9 Å². The number of rotatable bonds is 3. The molecule has 0 saturated carbocycles. The first-order chi connectivity index (χ1) is 8.19. The summed E-state index contributed by atoms with van der Waals surface area (Å²) in [6.45, 7) is 0.721. The third-order valence-corrected chi connectivity index (χ3v) is 4.25. The van der Waals surface area contributed by atoms with E-state index in [4.69, 9.17) is 5.26 Å². The van der Waals surface area contributed by atoms with Crippen molar-refractivity contribution in [3.63, 3.8) is 0 Å². The van der Waals surface area contributed by atoms with E-state index in [1.807, 2.05) is 18.2 Å². The standard InChI is InChI=1S/C12H8Br2N2S/c13-10-1-2-11(9(4-10)5-15)16-6-8-3-12(14)17-7-8/h1-4,7,16H,6H2. The first-order valence-corrected chi connectivity index (χ1v) is 7.32. The van der Waals surface area contributed by atoms with Crippen LogP contribution < -0.4 is 5.32 Å². The van der Waals surface area contributed by atoms with E-state index in [1.165, 1.54) is 5.56 Å². The van der Waals surface area contributed by atoms with Crippen molar-refractivity contribution in [1.82, 2.24) is 0 Å². The molecule has 0 aliphatic rings. The Bertz CT molecular complexity index is 572. The second kappa shape index (κ2) is 5.67. The van der Waals surface area contributed by atoms with Crippen LogP contribution in [0.25, 0.3) is 0 Å². The molecule has 0 aliphatic carbocycles. The SMILES string of the molecule is N#Cc1cc(Br)ccc1NCc1csc(Br)c1. The van der Waals surface area contributed by atoms with Gasteiger partial charge in [-0.25, -0.2) is 0 Å². The van der Waals surface area contributed by atoms with Crippen LogP contribution in [-0.2, 0) is 6.54 Å². The summed E-state index contributed by atoms with van der Waals surface area (Å²) >= 11 is 8.44. The molecule has 1 N–H and O–H groups in total. The van der Waals surface area contributed by atoms with Crippen LogP contribution in [0.5, 0.6) is 0 Å². The maximum atomic E-state index is 9.03. The highest BCUT2D eigenvalue weighted by molar-refractivity contribution is 9.11. The zero-order valence-corrected chi connectivity index (χ0v) is 12.7. The Balaban J connectivity index is 2.12. The van der Waals surface area contributed by atoms with Gasteiger partial charge in [0.25, 0.3) is 0 Å². The van der Waals surface area contributed by atoms with Crippen LogP contribution in [-0.4, -0.2) is 0 Å². The van der Waals surface area contributed by atoms with E-state index in [0.717, 1.165) is 20.5 Å². The second-order valence-corrected chi connectivity index (χ2v) is 6.62. The minimum atomic E-state index is 0.647. The third kappa shape index (κ3) is 3.32. The van der Waals surface area contributed by atoms with Gasteiger partial charge < -0.3 is 5.32 Å². The van der Waals surface area contributed by atoms with E-state index in [-0.39, 0.29) is 0 Å². The van der Waals surface area contributed by atoms with Gasteiger partial charge in [-0.2, -0.15) is 5.26 Å². The van der Waals surface area contributed by atoms with E-state index < -0.39 is 0 Å². The van der Waals surface area contributed by atoms with Gasteiger partial charge in [0.1, 0.15) is 6.07 Å². The van der Waals surface area contributed by atoms with Gasteiger partial charge in [0.05, 0.1) is 15.0 Å². The molecule has 1 aromatic carbocycles. The fourth-order valence-corrected chi connectivity index (χ4v) is 2.97. The van der Waals surface area contributed by atoms with Crippen LogP contribution in [0, 0.1) is 11.3 Å². The molecule has 0 amide bonds. The van der Waals surface area contributed by atoms with Crippen molar-refractivity contribution in [3.05, 3.63) is 49.0 Å². The lowest BCUT2D eigenvalue weighted by molar-refractivity contribution is 1.16. The van der Waals surface area contributed by atoms with E-state index >= 15 is 0 Å². The molecule has 86 valence electrons. The van der Waals surface area contributed by atoms with Crippen molar-refractivity contribution in [1.29, 1.82) is 5.26 Å². The average Bonchev–Trinajstić information content (AvgIpc) is 2.73. The number of hydrogen-bond acceptors (Lipinski definition) is 3. The monoisotopic (exact) mass is 370 g/mol. The Morgan fingerprint density at radius 2 is 2.12 bits per heavy atom. The smallest absolute Gasteiger partial charge is 0.101 e. The number of nitrogens with zero attached hydrogens (tertiary/aromatic N) is 1. The molecule has 5 heteroatoms. The molecule has 1 heterocycles. The lowest BCUT2D eigenvalue weighted by Crippen LogP contribution is -2.00. The summed E-state index contributed by atoms with van der Waals surface area (Å²) < 4.78 is 2.03. The van der Waals surface area contributed by atoms with Gasteiger partial charge in [-0.05, 0) is 51.1 Å². The van der Waals surface area contributed by atoms with E-state index in [9.17, 15) is 0 Å². The minimum absolute atomic E-state index is 0.647. The van der Waals surface area contributed by atoms with Gasteiger partial charge in [0.15, 0.2) is 0 Å². The molecule has 0 spiro atoms. The summed E-state index contributed by atoms with van der Waals surface area (Å²) in [4.78, 5) is 0. The van der Waals surface area contributed by atoms with E-state index in [0.29, 0.717) is 5.56 Å². The lowest BCUT2D eigenvalue weighted by atomic mass is 10.2. The Hall–Kier alpha value is -0.830. The summed E-state index contributed by atoms with van der Waals surface area (Å²) in [7, 11) is 0. The highest BCUT2D eigenvalue weighted by Crippen LogP contribution is 2.23. The van der Waals surface area contributed by atoms with Crippen molar-refractivity contribution in [3.8, 4) is 6.07 Å². The molecular formula is C12H8Br2N2S. The van der Waals surface area contributed by atoms with Crippen LogP contribution in [0.1, 0.15) is 11.1 Å². The predicted octanol–water partition coefficient (Wildman–Crippen LogP) is 4.76. The normalized spacial score (nSPS) is 9.94. The number of nitriles is 1. The van der Waals surface area contributed by atoms with Gasteiger partial charge >= 0.3 is 0 Å². The highest BCUT2D eigenvalue weighted by atomic mass is 79.9. The maximum absolute atomic E-state index is 9.03. The van der Waals surface area contributed by atoms with Crippen molar-refractivity contribution in [2.75, 3.05) is 5.32 Å². The molecule has 0 saturated heterocycles. The molecule has 2 nitrogen and oxygen atoms in total. The quantitative estimate of drug-likeness (QED) is 0.844. The van der Waals surface area contributed by atoms with Gasteiger partial charge in [-0.3, -0.25) is 0 Å². The van der Waals surface area contributed by atoms with Crippen molar-refractivity contribution in [2.24, 2.45) is 0 Å². The number of hydrogen-bond donors (Lipinski definition) is 1. The van der Waals surface area contributed by atoms with Crippen molar-refractivity contribution < 1.29 is 0 Å². The molecule has 2 aromatic rings. The summed E-state index contributed by atoms with van der Waals surface area (Å²) in [5.41, 5.74) is 2.71.